The van der Waals surface area contributed by atoms with Crippen LogP contribution in [0.5, 0.6) is 0 Å². The van der Waals surface area contributed by atoms with Gasteiger partial charge in [-0.05, 0) is 23.6 Å². The maximum absolute atomic E-state index is 9.12. The zero-order valence-electron chi connectivity index (χ0n) is 9.64. The van der Waals surface area contributed by atoms with E-state index in [0.717, 1.165) is 17.5 Å². The van der Waals surface area contributed by atoms with E-state index in [4.69, 9.17) is 11.0 Å². The third kappa shape index (κ3) is 2.11. The highest BCUT2D eigenvalue weighted by Crippen LogP contribution is 2.26. The van der Waals surface area contributed by atoms with Crippen LogP contribution in [0.3, 0.4) is 0 Å². The van der Waals surface area contributed by atoms with Gasteiger partial charge >= 0.3 is 0 Å². The highest BCUT2D eigenvalue weighted by Gasteiger charge is 2.08. The van der Waals surface area contributed by atoms with Crippen molar-refractivity contribution in [2.24, 2.45) is 0 Å². The molecule has 1 aromatic heterocycles. The molecule has 0 aliphatic heterocycles. The maximum Gasteiger partial charge on any atom is 0.141 e. The van der Waals surface area contributed by atoms with Crippen LogP contribution in [-0.4, -0.2) is 4.98 Å². The van der Waals surface area contributed by atoms with Gasteiger partial charge in [0.15, 0.2) is 0 Å². The number of aromatic nitrogens is 1. The number of anilines is 1. The molecule has 2 N–H and O–H groups in total. The number of nitriles is 1. The molecule has 84 valence electrons. The number of nitrogens with two attached hydrogens (primary N) is 1. The Kier molecular flexibility index (Phi) is 3.06. The molecule has 0 saturated carbocycles. The van der Waals surface area contributed by atoms with Crippen molar-refractivity contribution >= 4 is 5.82 Å². The van der Waals surface area contributed by atoms with Crippen molar-refractivity contribution in [1.29, 1.82) is 5.26 Å². The van der Waals surface area contributed by atoms with Gasteiger partial charge in [-0.2, -0.15) is 5.26 Å². The van der Waals surface area contributed by atoms with E-state index >= 15 is 0 Å². The van der Waals surface area contributed by atoms with Crippen LogP contribution in [0.2, 0.25) is 0 Å². The monoisotopic (exact) mass is 223 g/mol. The number of hydrogen-bond acceptors (Lipinski definition) is 3. The largest absolute Gasteiger partial charge is 0.383 e. The molecule has 2 rings (SSSR count). The van der Waals surface area contributed by atoms with Gasteiger partial charge in [0.25, 0.3) is 0 Å². The van der Waals surface area contributed by atoms with Crippen molar-refractivity contribution in [2.45, 2.75) is 13.3 Å². The molecule has 3 nitrogen and oxygen atoms in total. The second-order valence-electron chi connectivity index (χ2n) is 3.78. The van der Waals surface area contributed by atoms with Crippen LogP contribution < -0.4 is 5.73 Å². The molecule has 1 aromatic carbocycles. The molecule has 17 heavy (non-hydrogen) atoms. The fraction of sp³-hybridized carbons (Fsp3) is 0.143. The van der Waals surface area contributed by atoms with E-state index in [-0.39, 0.29) is 5.82 Å². The smallest absolute Gasteiger partial charge is 0.141 e. The summed E-state index contributed by atoms with van der Waals surface area (Å²) in [6.45, 7) is 2.10. The van der Waals surface area contributed by atoms with Crippen LogP contribution in [-0.2, 0) is 6.42 Å². The molecule has 0 aliphatic carbocycles. The Morgan fingerprint density at radius 2 is 2.18 bits per heavy atom. The number of aryl methyl sites for hydroxylation is 1. The summed E-state index contributed by atoms with van der Waals surface area (Å²) in [7, 11) is 0. The average molecular weight is 223 g/mol. The summed E-state index contributed by atoms with van der Waals surface area (Å²) in [6.07, 6.45) is 2.60. The molecule has 0 spiro atoms. The quantitative estimate of drug-likeness (QED) is 0.851. The lowest BCUT2D eigenvalue weighted by Gasteiger charge is -2.07. The van der Waals surface area contributed by atoms with Crippen molar-refractivity contribution in [3.05, 3.63) is 47.7 Å². The third-order valence-electron chi connectivity index (χ3n) is 2.74. The third-order valence-corrected chi connectivity index (χ3v) is 2.74. The summed E-state index contributed by atoms with van der Waals surface area (Å²) in [6, 6.07) is 12.1. The molecule has 0 unspecified atom stereocenters. The highest BCUT2D eigenvalue weighted by molar-refractivity contribution is 5.75. The molecule has 0 saturated heterocycles. The highest BCUT2D eigenvalue weighted by atomic mass is 14.8. The molecular weight excluding hydrogens is 210 g/mol. The zero-order chi connectivity index (χ0) is 12.3. The minimum atomic E-state index is 0.284. The van der Waals surface area contributed by atoms with Crippen molar-refractivity contribution < 1.29 is 0 Å². The van der Waals surface area contributed by atoms with Crippen LogP contribution >= 0.6 is 0 Å². The molecule has 0 bridgehead atoms. The number of benzene rings is 1. The first kappa shape index (κ1) is 11.2. The maximum atomic E-state index is 9.12. The first-order valence-electron chi connectivity index (χ1n) is 5.50. The predicted octanol–water partition coefficient (Wildman–Crippen LogP) is 2.76. The van der Waals surface area contributed by atoms with Crippen LogP contribution in [0, 0.1) is 11.3 Å². The normalized spacial score (nSPS) is 9.88. The van der Waals surface area contributed by atoms with Gasteiger partial charge in [0.1, 0.15) is 17.5 Å². The Hall–Kier alpha value is -2.34. The first-order chi connectivity index (χ1) is 8.26. The molecule has 0 radical (unpaired) electrons. The first-order valence-corrected chi connectivity index (χ1v) is 5.50. The van der Waals surface area contributed by atoms with Gasteiger partial charge in [0, 0.05) is 11.8 Å². The molecule has 3 heteroatoms. The van der Waals surface area contributed by atoms with Crippen LogP contribution in [0.15, 0.2) is 36.5 Å². The second kappa shape index (κ2) is 4.67. The number of hydrogen-bond donors (Lipinski definition) is 1. The van der Waals surface area contributed by atoms with E-state index in [1.54, 1.807) is 6.20 Å². The standard InChI is InChI=1S/C14H13N3/c1-2-10-4-3-5-11(8-10)12-6-7-17-14(16)13(12)9-15/h3-8H,2H2,1H3,(H2,16,17). The van der Waals surface area contributed by atoms with Gasteiger partial charge in [0.05, 0.1) is 0 Å². The van der Waals surface area contributed by atoms with E-state index in [1.165, 1.54) is 5.56 Å². The molecule has 2 aromatic rings. The SMILES string of the molecule is CCc1cccc(-c2ccnc(N)c2C#N)c1. The predicted molar refractivity (Wildman–Crippen MR) is 68.2 cm³/mol. The molecule has 0 atom stereocenters. The minimum Gasteiger partial charge on any atom is -0.383 e. The number of nitrogens with zero attached hydrogens (tertiary/aromatic N) is 2. The van der Waals surface area contributed by atoms with Gasteiger partial charge in [-0.1, -0.05) is 31.2 Å². The lowest BCUT2D eigenvalue weighted by molar-refractivity contribution is 1.14. The molecule has 0 aliphatic rings. The van der Waals surface area contributed by atoms with E-state index < -0.39 is 0 Å². The lowest BCUT2D eigenvalue weighted by atomic mass is 9.99. The Morgan fingerprint density at radius 3 is 2.88 bits per heavy atom. The van der Waals surface area contributed by atoms with Gasteiger partial charge < -0.3 is 5.73 Å². The molecule has 0 amide bonds. The Morgan fingerprint density at radius 1 is 1.35 bits per heavy atom. The summed E-state index contributed by atoms with van der Waals surface area (Å²) < 4.78 is 0. The van der Waals surface area contributed by atoms with Gasteiger partial charge in [-0.25, -0.2) is 4.98 Å². The summed E-state index contributed by atoms with van der Waals surface area (Å²) in [5.41, 5.74) is 9.24. The van der Waals surface area contributed by atoms with E-state index in [9.17, 15) is 0 Å². The summed E-state index contributed by atoms with van der Waals surface area (Å²) >= 11 is 0. The Bertz CT molecular complexity index is 582. The van der Waals surface area contributed by atoms with Gasteiger partial charge in [-0.15, -0.1) is 0 Å². The Labute approximate surface area is 101 Å². The second-order valence-corrected chi connectivity index (χ2v) is 3.78. The minimum absolute atomic E-state index is 0.284. The lowest BCUT2D eigenvalue weighted by Crippen LogP contribution is -1.96. The van der Waals surface area contributed by atoms with E-state index in [0.29, 0.717) is 5.56 Å². The van der Waals surface area contributed by atoms with Crippen LogP contribution in [0.25, 0.3) is 11.1 Å². The Balaban J connectivity index is 2.61. The topological polar surface area (TPSA) is 62.7 Å². The van der Waals surface area contributed by atoms with E-state index in [1.807, 2.05) is 18.2 Å². The molecule has 0 fully saturated rings. The van der Waals surface area contributed by atoms with Gasteiger partial charge in [-0.3, -0.25) is 0 Å². The van der Waals surface area contributed by atoms with Crippen molar-refractivity contribution in [2.75, 3.05) is 5.73 Å². The number of rotatable bonds is 2. The molecular formula is C14H13N3. The summed E-state index contributed by atoms with van der Waals surface area (Å²) in [5.74, 6) is 0.284. The number of pyridine rings is 1. The summed E-state index contributed by atoms with van der Waals surface area (Å²) in [5, 5.41) is 9.12. The molecule has 1 heterocycles. The fourth-order valence-corrected chi connectivity index (χ4v) is 1.79. The fourth-order valence-electron chi connectivity index (χ4n) is 1.79. The van der Waals surface area contributed by atoms with Crippen molar-refractivity contribution in [3.63, 3.8) is 0 Å². The van der Waals surface area contributed by atoms with Crippen LogP contribution in [0.1, 0.15) is 18.1 Å². The van der Waals surface area contributed by atoms with Crippen molar-refractivity contribution in [3.8, 4) is 17.2 Å². The van der Waals surface area contributed by atoms with E-state index in [2.05, 4.69) is 30.1 Å². The zero-order valence-corrected chi connectivity index (χ0v) is 9.64. The summed E-state index contributed by atoms with van der Waals surface area (Å²) in [4.78, 5) is 3.93. The van der Waals surface area contributed by atoms with Crippen LogP contribution in [0.4, 0.5) is 5.82 Å². The number of nitrogen functional groups attached to an aromatic ring is 1. The van der Waals surface area contributed by atoms with Gasteiger partial charge in [0.2, 0.25) is 0 Å². The van der Waals surface area contributed by atoms with Crippen molar-refractivity contribution in [1.82, 2.24) is 4.98 Å². The average Bonchev–Trinajstić information content (AvgIpc) is 2.38.